The van der Waals surface area contributed by atoms with Gasteiger partial charge in [-0.05, 0) is 38.5 Å². The topological polar surface area (TPSA) is 52.6 Å². The normalized spacial score (nSPS) is 22.5. The molecule has 0 radical (unpaired) electrons. The number of rotatable bonds is 6. The molecule has 1 fully saturated rings. The average Bonchev–Trinajstić information content (AvgIpc) is 2.38. The summed E-state index contributed by atoms with van der Waals surface area (Å²) in [5, 5.41) is 0. The van der Waals surface area contributed by atoms with E-state index in [-0.39, 0.29) is 25.1 Å². The van der Waals surface area contributed by atoms with Crippen LogP contribution in [-0.4, -0.2) is 24.6 Å². The Kier molecular flexibility index (Phi) is 6.43. The molecule has 0 spiro atoms. The van der Waals surface area contributed by atoms with Crippen LogP contribution in [0.5, 0.6) is 0 Å². The van der Waals surface area contributed by atoms with Crippen molar-refractivity contribution in [3.05, 3.63) is 12.2 Å². The van der Waals surface area contributed by atoms with E-state index in [0.717, 1.165) is 31.6 Å². The maximum atomic E-state index is 12.0. The zero-order valence-electron chi connectivity index (χ0n) is 13.7. The molecular weight excluding hydrogens is 268 g/mol. The van der Waals surface area contributed by atoms with Crippen molar-refractivity contribution in [1.29, 1.82) is 0 Å². The van der Waals surface area contributed by atoms with Crippen LogP contribution in [0.3, 0.4) is 0 Å². The molecule has 0 heterocycles. The first kappa shape index (κ1) is 17.7. The summed E-state index contributed by atoms with van der Waals surface area (Å²) in [6, 6.07) is 0. The number of carbonyl (C=O) groups excluding carboxylic acids is 2. The minimum absolute atomic E-state index is 0.0578. The third kappa shape index (κ3) is 6.78. The molecule has 0 aromatic carbocycles. The largest absolute Gasteiger partial charge is 0.462 e. The van der Waals surface area contributed by atoms with E-state index in [1.54, 1.807) is 6.92 Å². The maximum Gasteiger partial charge on any atom is 0.333 e. The van der Waals surface area contributed by atoms with Gasteiger partial charge in [0.05, 0.1) is 13.0 Å². The van der Waals surface area contributed by atoms with E-state index in [4.69, 9.17) is 9.47 Å². The molecule has 21 heavy (non-hydrogen) atoms. The maximum absolute atomic E-state index is 12.0. The number of hydrogen-bond acceptors (Lipinski definition) is 4. The second kappa shape index (κ2) is 7.62. The molecule has 4 heteroatoms. The first-order chi connectivity index (χ1) is 9.69. The third-order valence-corrected chi connectivity index (χ3v) is 3.83. The predicted octanol–water partition coefficient (Wildman–Crippen LogP) is 3.64. The van der Waals surface area contributed by atoms with Crippen LogP contribution in [0.2, 0.25) is 0 Å². The van der Waals surface area contributed by atoms with Crippen molar-refractivity contribution in [3.8, 4) is 0 Å². The molecular formula is C17H28O4. The number of ether oxygens (including phenoxy) is 2. The van der Waals surface area contributed by atoms with Gasteiger partial charge >= 0.3 is 11.9 Å². The molecule has 0 aromatic heterocycles. The third-order valence-electron chi connectivity index (χ3n) is 3.83. The number of esters is 2. The van der Waals surface area contributed by atoms with Crippen LogP contribution in [0.1, 0.15) is 59.8 Å². The van der Waals surface area contributed by atoms with Gasteiger partial charge in [0.2, 0.25) is 0 Å². The van der Waals surface area contributed by atoms with Crippen molar-refractivity contribution in [1.82, 2.24) is 0 Å². The van der Waals surface area contributed by atoms with Crippen LogP contribution in [0.4, 0.5) is 0 Å². The van der Waals surface area contributed by atoms with Crippen molar-refractivity contribution in [2.45, 2.75) is 65.9 Å². The number of carbonyl (C=O) groups is 2. The zero-order valence-corrected chi connectivity index (χ0v) is 13.7. The first-order valence-corrected chi connectivity index (χ1v) is 7.72. The van der Waals surface area contributed by atoms with Crippen LogP contribution in [0, 0.1) is 11.3 Å². The fraction of sp³-hybridized carbons (Fsp3) is 0.765. The highest BCUT2D eigenvalue weighted by Crippen LogP contribution is 2.27. The molecule has 0 aliphatic heterocycles. The second-order valence-electron chi connectivity index (χ2n) is 7.07. The van der Waals surface area contributed by atoms with Crippen molar-refractivity contribution in [2.24, 2.45) is 11.3 Å². The highest BCUT2D eigenvalue weighted by atomic mass is 16.5. The molecule has 0 saturated heterocycles. The Bertz CT molecular complexity index is 390. The molecule has 0 unspecified atom stereocenters. The fourth-order valence-electron chi connectivity index (χ4n) is 2.40. The molecule has 1 aliphatic rings. The zero-order chi connectivity index (χ0) is 16.0. The van der Waals surface area contributed by atoms with Crippen LogP contribution in [-0.2, 0) is 19.1 Å². The Balaban J connectivity index is 2.34. The second-order valence-corrected chi connectivity index (χ2v) is 7.07. The predicted molar refractivity (Wildman–Crippen MR) is 81.7 cm³/mol. The van der Waals surface area contributed by atoms with Crippen LogP contribution < -0.4 is 0 Å². The summed E-state index contributed by atoms with van der Waals surface area (Å²) < 4.78 is 10.7. The molecule has 0 atom stereocenters. The van der Waals surface area contributed by atoms with Gasteiger partial charge < -0.3 is 9.47 Å². The first-order valence-electron chi connectivity index (χ1n) is 7.72. The molecule has 0 bridgehead atoms. The van der Waals surface area contributed by atoms with Gasteiger partial charge in [0.15, 0.2) is 0 Å². The van der Waals surface area contributed by atoms with Gasteiger partial charge in [-0.1, -0.05) is 27.4 Å². The SMILES string of the molecule is C=C(C)C(=O)OCC(C)(C)CC(=O)OC1CCC(C)CC1. The van der Waals surface area contributed by atoms with Crippen molar-refractivity contribution in [2.75, 3.05) is 6.61 Å². The van der Waals surface area contributed by atoms with E-state index < -0.39 is 11.4 Å². The van der Waals surface area contributed by atoms with E-state index >= 15 is 0 Å². The van der Waals surface area contributed by atoms with Crippen molar-refractivity contribution in [3.63, 3.8) is 0 Å². The number of hydrogen-bond donors (Lipinski definition) is 0. The van der Waals surface area contributed by atoms with Gasteiger partial charge in [-0.2, -0.15) is 0 Å². The quantitative estimate of drug-likeness (QED) is 0.554. The molecule has 0 amide bonds. The van der Waals surface area contributed by atoms with E-state index in [1.807, 2.05) is 13.8 Å². The van der Waals surface area contributed by atoms with Gasteiger partial charge in [0.1, 0.15) is 6.10 Å². The standard InChI is InChI=1S/C17H28O4/c1-12(2)16(19)20-11-17(4,5)10-15(18)21-14-8-6-13(3)7-9-14/h13-14H,1,6-11H2,2-5H3. The van der Waals surface area contributed by atoms with Crippen LogP contribution >= 0.6 is 0 Å². The summed E-state index contributed by atoms with van der Waals surface area (Å²) in [6.07, 6.45) is 4.47. The summed E-state index contributed by atoms with van der Waals surface area (Å²) in [6.45, 7) is 11.3. The molecule has 1 aliphatic carbocycles. The van der Waals surface area contributed by atoms with Crippen molar-refractivity contribution >= 4 is 11.9 Å². The minimum Gasteiger partial charge on any atom is -0.462 e. The van der Waals surface area contributed by atoms with E-state index in [2.05, 4.69) is 13.5 Å². The lowest BCUT2D eigenvalue weighted by molar-refractivity contribution is -0.156. The molecule has 120 valence electrons. The van der Waals surface area contributed by atoms with E-state index in [0.29, 0.717) is 5.57 Å². The minimum atomic E-state index is -0.426. The summed E-state index contributed by atoms with van der Waals surface area (Å²) >= 11 is 0. The lowest BCUT2D eigenvalue weighted by Crippen LogP contribution is -2.29. The summed E-state index contributed by atoms with van der Waals surface area (Å²) in [4.78, 5) is 23.4. The summed E-state index contributed by atoms with van der Waals surface area (Å²) in [7, 11) is 0. The molecule has 4 nitrogen and oxygen atoms in total. The monoisotopic (exact) mass is 296 g/mol. The lowest BCUT2D eigenvalue weighted by Gasteiger charge is -2.28. The Morgan fingerprint density at radius 1 is 1.19 bits per heavy atom. The Labute approximate surface area is 127 Å². The van der Waals surface area contributed by atoms with Gasteiger partial charge in [-0.25, -0.2) is 4.79 Å². The Morgan fingerprint density at radius 2 is 1.76 bits per heavy atom. The summed E-state index contributed by atoms with van der Waals surface area (Å²) in [5.41, 5.74) is -0.0610. The average molecular weight is 296 g/mol. The Hall–Kier alpha value is -1.32. The van der Waals surface area contributed by atoms with Gasteiger partial charge in [-0.15, -0.1) is 0 Å². The smallest absolute Gasteiger partial charge is 0.333 e. The molecule has 0 N–H and O–H groups in total. The van der Waals surface area contributed by atoms with E-state index in [1.165, 1.54) is 0 Å². The fourth-order valence-corrected chi connectivity index (χ4v) is 2.40. The highest BCUT2D eigenvalue weighted by Gasteiger charge is 2.28. The Morgan fingerprint density at radius 3 is 2.29 bits per heavy atom. The van der Waals surface area contributed by atoms with Gasteiger partial charge in [0, 0.05) is 11.0 Å². The van der Waals surface area contributed by atoms with Crippen molar-refractivity contribution < 1.29 is 19.1 Å². The van der Waals surface area contributed by atoms with Crippen LogP contribution in [0.25, 0.3) is 0 Å². The summed E-state index contributed by atoms with van der Waals surface area (Å²) in [5.74, 6) is 0.113. The molecule has 0 aromatic rings. The van der Waals surface area contributed by atoms with Gasteiger partial charge in [-0.3, -0.25) is 4.79 Å². The van der Waals surface area contributed by atoms with Crippen LogP contribution in [0.15, 0.2) is 12.2 Å². The lowest BCUT2D eigenvalue weighted by atomic mass is 9.88. The molecule has 1 saturated carbocycles. The molecule has 1 rings (SSSR count). The highest BCUT2D eigenvalue weighted by molar-refractivity contribution is 5.86. The van der Waals surface area contributed by atoms with Gasteiger partial charge in [0.25, 0.3) is 0 Å². The van der Waals surface area contributed by atoms with E-state index in [9.17, 15) is 9.59 Å².